The van der Waals surface area contributed by atoms with Crippen molar-refractivity contribution in [3.8, 4) is 17.2 Å². The molecule has 2 aromatic carbocycles. The molecule has 2 aromatic heterocycles. The number of sulfonamides is 1. The summed E-state index contributed by atoms with van der Waals surface area (Å²) in [6, 6.07) is 8.71. The molecule has 1 aliphatic carbocycles. The Hall–Kier alpha value is -4.26. The Kier molecular flexibility index (Phi) is 8.06. The van der Waals surface area contributed by atoms with Gasteiger partial charge in [0.25, 0.3) is 10.0 Å². The van der Waals surface area contributed by atoms with E-state index >= 15 is 8.78 Å². The van der Waals surface area contributed by atoms with Crippen molar-refractivity contribution in [2.45, 2.75) is 42.6 Å². The summed E-state index contributed by atoms with van der Waals surface area (Å²) >= 11 is 0. The summed E-state index contributed by atoms with van der Waals surface area (Å²) in [5.74, 6) is -1.83. The molecular formula is C28H29F2N5O5S. The number of ether oxygens (including phenoxy) is 3. The summed E-state index contributed by atoms with van der Waals surface area (Å²) in [4.78, 5) is 6.68. The zero-order valence-corrected chi connectivity index (χ0v) is 23.5. The number of nitrogens with zero attached hydrogens (tertiary/aromatic N) is 4. The summed E-state index contributed by atoms with van der Waals surface area (Å²) < 4.78 is 79.5. The fourth-order valence-electron chi connectivity index (χ4n) is 5.15. The van der Waals surface area contributed by atoms with Crippen molar-refractivity contribution >= 4 is 15.8 Å². The molecule has 10 nitrogen and oxygen atoms in total. The SMILES string of the molecule is COc1ccc(Cc2c(F)c(S(=O)(=O)Nc3ccncn3)cc(F)c2O[C@H]2CCC[C@@H]2c2ccnn2C)c(OC)c1. The van der Waals surface area contributed by atoms with Crippen molar-refractivity contribution in [1.82, 2.24) is 19.7 Å². The molecule has 4 aromatic rings. The molecule has 216 valence electrons. The van der Waals surface area contributed by atoms with Gasteiger partial charge in [0.05, 0.1) is 14.2 Å². The highest BCUT2D eigenvalue weighted by Gasteiger charge is 2.35. The van der Waals surface area contributed by atoms with E-state index in [1.165, 1.54) is 26.5 Å². The number of hydrogen-bond acceptors (Lipinski definition) is 8. The Morgan fingerprint density at radius 1 is 1.07 bits per heavy atom. The van der Waals surface area contributed by atoms with Crippen LogP contribution in [0.5, 0.6) is 17.2 Å². The second-order valence-electron chi connectivity index (χ2n) is 9.61. The largest absolute Gasteiger partial charge is 0.497 e. The molecule has 2 atom stereocenters. The van der Waals surface area contributed by atoms with Crippen molar-refractivity contribution in [1.29, 1.82) is 0 Å². The topological polar surface area (TPSA) is 117 Å². The number of nitrogens with one attached hydrogen (secondary N) is 1. The van der Waals surface area contributed by atoms with Gasteiger partial charge < -0.3 is 14.2 Å². The van der Waals surface area contributed by atoms with Crippen LogP contribution in [-0.2, 0) is 23.5 Å². The standard InChI is InChI=1S/C28H29F2N5O5S/c1-35-22(9-12-33-35)19-5-4-6-23(19)40-28-20(13-17-7-8-18(38-2)14-24(17)39-3)27(30)25(15-21(28)29)41(36,37)34-26-10-11-31-16-32-26/h7-12,14-16,19,23H,4-6,13H2,1-3H3,(H,31,32,34)/t19-,23+/m1/s1. The molecule has 0 spiro atoms. The highest BCUT2D eigenvalue weighted by Crippen LogP contribution is 2.41. The second-order valence-corrected chi connectivity index (χ2v) is 11.3. The van der Waals surface area contributed by atoms with E-state index in [2.05, 4.69) is 19.8 Å². The van der Waals surface area contributed by atoms with Crippen LogP contribution in [0.3, 0.4) is 0 Å². The van der Waals surface area contributed by atoms with Crippen LogP contribution in [0.2, 0.25) is 0 Å². The predicted octanol–water partition coefficient (Wildman–Crippen LogP) is 4.61. The van der Waals surface area contributed by atoms with Gasteiger partial charge >= 0.3 is 0 Å². The Balaban J connectivity index is 1.60. The number of aryl methyl sites for hydroxylation is 1. The highest BCUT2D eigenvalue weighted by molar-refractivity contribution is 7.92. The van der Waals surface area contributed by atoms with Gasteiger partial charge in [-0.3, -0.25) is 9.40 Å². The van der Waals surface area contributed by atoms with Crippen molar-refractivity contribution in [3.63, 3.8) is 0 Å². The molecule has 1 fully saturated rings. The van der Waals surface area contributed by atoms with Gasteiger partial charge in [0.15, 0.2) is 17.4 Å². The predicted molar refractivity (Wildman–Crippen MR) is 146 cm³/mol. The Bertz CT molecular complexity index is 1650. The van der Waals surface area contributed by atoms with Crippen molar-refractivity contribution in [3.05, 3.63) is 83.6 Å². The molecule has 0 bridgehead atoms. The number of rotatable bonds is 10. The van der Waals surface area contributed by atoms with Crippen molar-refractivity contribution < 1.29 is 31.4 Å². The van der Waals surface area contributed by atoms with Crippen LogP contribution < -0.4 is 18.9 Å². The molecule has 13 heteroatoms. The van der Waals surface area contributed by atoms with Crippen LogP contribution >= 0.6 is 0 Å². The molecule has 2 heterocycles. The zero-order valence-electron chi connectivity index (χ0n) is 22.7. The number of benzene rings is 2. The summed E-state index contributed by atoms with van der Waals surface area (Å²) in [6.45, 7) is 0. The normalized spacial score (nSPS) is 16.9. The summed E-state index contributed by atoms with van der Waals surface area (Å²) in [6.07, 6.45) is 5.65. The lowest BCUT2D eigenvalue weighted by Gasteiger charge is -2.24. The molecule has 1 N–H and O–H groups in total. The number of anilines is 1. The monoisotopic (exact) mass is 585 g/mol. The van der Waals surface area contributed by atoms with E-state index in [4.69, 9.17) is 14.2 Å². The Morgan fingerprint density at radius 3 is 2.59 bits per heavy atom. The third-order valence-corrected chi connectivity index (χ3v) is 8.52. The molecule has 0 amide bonds. The van der Waals surface area contributed by atoms with Gasteiger partial charge in [-0.2, -0.15) is 5.10 Å². The van der Waals surface area contributed by atoms with Gasteiger partial charge in [0, 0.05) is 55.2 Å². The number of aromatic nitrogens is 4. The average Bonchev–Trinajstić information content (AvgIpc) is 3.60. The Labute approximate surface area is 236 Å². The molecule has 5 rings (SSSR count). The summed E-state index contributed by atoms with van der Waals surface area (Å²) in [7, 11) is 0.174. The van der Waals surface area contributed by atoms with E-state index in [1.54, 1.807) is 29.1 Å². The fraction of sp³-hybridized carbons (Fsp3) is 0.321. The van der Waals surface area contributed by atoms with Crippen LogP contribution in [0.25, 0.3) is 0 Å². The van der Waals surface area contributed by atoms with Gasteiger partial charge in [-0.05, 0) is 43.0 Å². The van der Waals surface area contributed by atoms with Crippen molar-refractivity contribution in [2.24, 2.45) is 7.05 Å². The minimum atomic E-state index is -4.58. The van der Waals surface area contributed by atoms with E-state index in [9.17, 15) is 8.42 Å². The molecule has 1 aliphatic rings. The van der Waals surface area contributed by atoms with Crippen LogP contribution in [0.4, 0.5) is 14.6 Å². The van der Waals surface area contributed by atoms with E-state index in [1.807, 2.05) is 13.1 Å². The molecule has 0 aliphatic heterocycles. The minimum absolute atomic E-state index is 0.0940. The quantitative estimate of drug-likeness (QED) is 0.287. The van der Waals surface area contributed by atoms with Gasteiger partial charge in [-0.25, -0.2) is 27.2 Å². The van der Waals surface area contributed by atoms with E-state index in [0.29, 0.717) is 29.5 Å². The van der Waals surface area contributed by atoms with E-state index in [0.717, 1.165) is 24.9 Å². The maximum absolute atomic E-state index is 16.3. The van der Waals surface area contributed by atoms with Crippen LogP contribution in [0.15, 0.2) is 60.0 Å². The van der Waals surface area contributed by atoms with Crippen molar-refractivity contribution in [2.75, 3.05) is 18.9 Å². The average molecular weight is 586 g/mol. The molecule has 0 unspecified atom stereocenters. The zero-order chi connectivity index (χ0) is 29.1. The number of methoxy groups -OCH3 is 2. The molecule has 0 saturated heterocycles. The third-order valence-electron chi connectivity index (χ3n) is 7.16. The molecule has 41 heavy (non-hydrogen) atoms. The lowest BCUT2D eigenvalue weighted by molar-refractivity contribution is 0.176. The first kappa shape index (κ1) is 28.3. The highest BCUT2D eigenvalue weighted by atomic mass is 32.2. The number of hydrogen-bond donors (Lipinski definition) is 1. The lowest BCUT2D eigenvalue weighted by atomic mass is 10.00. The maximum atomic E-state index is 16.3. The van der Waals surface area contributed by atoms with Gasteiger partial charge in [-0.15, -0.1) is 0 Å². The first-order valence-corrected chi connectivity index (χ1v) is 14.3. The van der Waals surface area contributed by atoms with Gasteiger partial charge in [0.2, 0.25) is 0 Å². The summed E-state index contributed by atoms with van der Waals surface area (Å²) in [5.41, 5.74) is 1.14. The lowest BCUT2D eigenvalue weighted by Crippen LogP contribution is -2.24. The fourth-order valence-corrected chi connectivity index (χ4v) is 6.28. The van der Waals surface area contributed by atoms with Gasteiger partial charge in [0.1, 0.15) is 34.6 Å². The molecule has 0 radical (unpaired) electrons. The first-order valence-electron chi connectivity index (χ1n) is 12.9. The van der Waals surface area contributed by atoms with Crippen LogP contribution in [0, 0.1) is 11.6 Å². The second kappa shape index (κ2) is 11.7. The number of halogens is 2. The first-order chi connectivity index (χ1) is 19.7. The third kappa shape index (κ3) is 5.80. The summed E-state index contributed by atoms with van der Waals surface area (Å²) in [5, 5.41) is 4.23. The molecular weight excluding hydrogens is 556 g/mol. The maximum Gasteiger partial charge on any atom is 0.266 e. The van der Waals surface area contributed by atoms with E-state index in [-0.39, 0.29) is 29.5 Å². The smallest absolute Gasteiger partial charge is 0.266 e. The van der Waals surface area contributed by atoms with Crippen LogP contribution in [-0.4, -0.2) is 48.5 Å². The molecule has 1 saturated carbocycles. The van der Waals surface area contributed by atoms with E-state index < -0.39 is 32.7 Å². The van der Waals surface area contributed by atoms with Crippen LogP contribution in [0.1, 0.15) is 42.0 Å². The Morgan fingerprint density at radius 2 is 1.90 bits per heavy atom. The minimum Gasteiger partial charge on any atom is -0.497 e. The van der Waals surface area contributed by atoms with Gasteiger partial charge in [-0.1, -0.05) is 6.07 Å².